The maximum Gasteiger partial charge on any atom is 0.232 e. The second-order valence-electron chi connectivity index (χ2n) is 5.41. The number of carbonyl (C=O) groups excluding carboxylic acids is 1. The van der Waals surface area contributed by atoms with Crippen molar-refractivity contribution in [2.24, 2.45) is 5.92 Å². The van der Waals surface area contributed by atoms with Gasteiger partial charge in [-0.25, -0.2) is 0 Å². The van der Waals surface area contributed by atoms with Crippen molar-refractivity contribution in [3.05, 3.63) is 78.8 Å². The third-order valence-electron chi connectivity index (χ3n) is 4.06. The zero-order chi connectivity index (χ0) is 16.2. The van der Waals surface area contributed by atoms with Gasteiger partial charge in [-0.1, -0.05) is 36.9 Å². The highest BCUT2D eigenvalue weighted by Gasteiger charge is 2.46. The van der Waals surface area contributed by atoms with E-state index >= 15 is 0 Å². The number of furan rings is 1. The molecule has 23 heavy (non-hydrogen) atoms. The molecule has 0 spiro atoms. The lowest BCUT2D eigenvalue weighted by Gasteiger charge is -2.46. The first-order chi connectivity index (χ1) is 11.2. The van der Waals surface area contributed by atoms with Crippen LogP contribution in [0.25, 0.3) is 0 Å². The number of likely N-dealkylation sites (tertiary alicyclic amines) is 1. The number of rotatable bonds is 6. The molecule has 2 aromatic rings. The van der Waals surface area contributed by atoms with Gasteiger partial charge in [0.05, 0.1) is 31.9 Å². The van der Waals surface area contributed by atoms with Gasteiger partial charge in [-0.2, -0.15) is 0 Å². The standard InChI is InChI=1S/C19H19NO3/c1-3-4-7-17-18(14-8-10-15(22-2)11-9-14)20(19(17)21)13-16-6-5-12-23-16/h3-12,17-18H,1,13H2,2H3/b7-4+/t17-,18+/m0/s1. The molecule has 118 valence electrons. The number of amides is 1. The van der Waals surface area contributed by atoms with Crippen LogP contribution in [0.15, 0.2) is 71.9 Å². The van der Waals surface area contributed by atoms with Gasteiger partial charge in [0, 0.05) is 0 Å². The summed E-state index contributed by atoms with van der Waals surface area (Å²) in [7, 11) is 1.64. The van der Waals surface area contributed by atoms with Gasteiger partial charge in [-0.15, -0.1) is 0 Å². The zero-order valence-electron chi connectivity index (χ0n) is 13.0. The van der Waals surface area contributed by atoms with E-state index in [0.29, 0.717) is 6.54 Å². The Morgan fingerprint density at radius 3 is 2.70 bits per heavy atom. The highest BCUT2D eigenvalue weighted by molar-refractivity contribution is 5.88. The molecular weight excluding hydrogens is 290 g/mol. The molecule has 1 aliphatic heterocycles. The Kier molecular flexibility index (Phi) is 4.33. The molecule has 0 unspecified atom stereocenters. The quantitative estimate of drug-likeness (QED) is 0.603. The minimum Gasteiger partial charge on any atom is -0.497 e. The fraction of sp³-hybridized carbons (Fsp3) is 0.211. The van der Waals surface area contributed by atoms with Crippen molar-refractivity contribution >= 4 is 5.91 Å². The third-order valence-corrected chi connectivity index (χ3v) is 4.06. The molecule has 1 aromatic heterocycles. The maximum absolute atomic E-state index is 12.5. The number of carbonyl (C=O) groups is 1. The van der Waals surface area contributed by atoms with Crippen LogP contribution in [0.1, 0.15) is 17.4 Å². The molecule has 1 fully saturated rings. The monoisotopic (exact) mass is 309 g/mol. The lowest BCUT2D eigenvalue weighted by Crippen LogP contribution is -2.53. The lowest BCUT2D eigenvalue weighted by molar-refractivity contribution is -0.154. The average molecular weight is 309 g/mol. The van der Waals surface area contributed by atoms with Crippen molar-refractivity contribution in [1.29, 1.82) is 0 Å². The Hall–Kier alpha value is -2.75. The lowest BCUT2D eigenvalue weighted by atomic mass is 9.82. The largest absolute Gasteiger partial charge is 0.497 e. The van der Waals surface area contributed by atoms with E-state index in [0.717, 1.165) is 17.1 Å². The van der Waals surface area contributed by atoms with Crippen LogP contribution in [-0.2, 0) is 11.3 Å². The molecule has 2 atom stereocenters. The number of hydrogen-bond donors (Lipinski definition) is 0. The summed E-state index contributed by atoms with van der Waals surface area (Å²) in [6.07, 6.45) is 7.04. The van der Waals surface area contributed by atoms with Crippen molar-refractivity contribution in [2.45, 2.75) is 12.6 Å². The van der Waals surface area contributed by atoms with E-state index in [4.69, 9.17) is 9.15 Å². The van der Waals surface area contributed by atoms with Crippen LogP contribution in [0.2, 0.25) is 0 Å². The van der Waals surface area contributed by atoms with Crippen molar-refractivity contribution in [3.8, 4) is 5.75 Å². The first-order valence-electron chi connectivity index (χ1n) is 7.50. The van der Waals surface area contributed by atoms with Gasteiger partial charge in [0.1, 0.15) is 11.5 Å². The van der Waals surface area contributed by atoms with Crippen LogP contribution in [0.5, 0.6) is 5.75 Å². The molecule has 4 nitrogen and oxygen atoms in total. The van der Waals surface area contributed by atoms with E-state index in [-0.39, 0.29) is 17.9 Å². The Morgan fingerprint density at radius 2 is 2.09 bits per heavy atom. The van der Waals surface area contributed by atoms with E-state index < -0.39 is 0 Å². The highest BCUT2D eigenvalue weighted by Crippen LogP contribution is 2.42. The summed E-state index contributed by atoms with van der Waals surface area (Å²) in [5.74, 6) is 1.51. The Labute approximate surface area is 135 Å². The summed E-state index contributed by atoms with van der Waals surface area (Å²) < 4.78 is 10.6. The van der Waals surface area contributed by atoms with Gasteiger partial charge >= 0.3 is 0 Å². The summed E-state index contributed by atoms with van der Waals surface area (Å²) in [5.41, 5.74) is 1.08. The van der Waals surface area contributed by atoms with Crippen LogP contribution in [0.4, 0.5) is 0 Å². The van der Waals surface area contributed by atoms with Crippen LogP contribution in [0.3, 0.4) is 0 Å². The van der Waals surface area contributed by atoms with Crippen molar-refractivity contribution in [2.75, 3.05) is 7.11 Å². The van der Waals surface area contributed by atoms with Gasteiger partial charge in [0.15, 0.2) is 0 Å². The smallest absolute Gasteiger partial charge is 0.232 e. The van der Waals surface area contributed by atoms with Gasteiger partial charge in [0.2, 0.25) is 5.91 Å². The summed E-state index contributed by atoms with van der Waals surface area (Å²) in [6.45, 7) is 4.15. The third kappa shape index (κ3) is 2.93. The first-order valence-corrected chi connectivity index (χ1v) is 7.50. The predicted octanol–water partition coefficient (Wildman–Crippen LogP) is 3.73. The molecule has 3 rings (SSSR count). The Bertz CT molecular complexity index is 701. The number of ether oxygens (including phenoxy) is 1. The zero-order valence-corrected chi connectivity index (χ0v) is 13.0. The second kappa shape index (κ2) is 6.57. The van der Waals surface area contributed by atoms with E-state index in [1.54, 1.807) is 19.4 Å². The molecular formula is C19H19NO3. The first kappa shape index (κ1) is 15.2. The molecule has 0 N–H and O–H groups in total. The van der Waals surface area contributed by atoms with Crippen LogP contribution in [0, 0.1) is 5.92 Å². The van der Waals surface area contributed by atoms with Gasteiger partial charge in [-0.05, 0) is 29.8 Å². The predicted molar refractivity (Wildman–Crippen MR) is 87.8 cm³/mol. The second-order valence-corrected chi connectivity index (χ2v) is 5.41. The van der Waals surface area contributed by atoms with E-state index in [1.165, 1.54) is 0 Å². The number of benzene rings is 1. The molecule has 0 radical (unpaired) electrons. The summed E-state index contributed by atoms with van der Waals surface area (Å²) in [4.78, 5) is 14.3. The number of hydrogen-bond acceptors (Lipinski definition) is 3. The molecule has 1 aromatic carbocycles. The molecule has 1 saturated heterocycles. The van der Waals surface area contributed by atoms with Crippen molar-refractivity contribution < 1.29 is 13.9 Å². The molecule has 1 amide bonds. The van der Waals surface area contributed by atoms with Gasteiger partial charge < -0.3 is 14.1 Å². The molecule has 4 heteroatoms. The van der Waals surface area contributed by atoms with Gasteiger partial charge in [-0.3, -0.25) is 4.79 Å². The van der Waals surface area contributed by atoms with Crippen LogP contribution < -0.4 is 4.74 Å². The molecule has 2 heterocycles. The number of methoxy groups -OCH3 is 1. The average Bonchev–Trinajstić information content (AvgIpc) is 3.10. The molecule has 0 saturated carbocycles. The molecule has 0 bridgehead atoms. The van der Waals surface area contributed by atoms with Crippen molar-refractivity contribution in [1.82, 2.24) is 4.90 Å². The number of allylic oxidation sites excluding steroid dienone is 2. The topological polar surface area (TPSA) is 42.7 Å². The number of nitrogens with zero attached hydrogens (tertiary/aromatic N) is 1. The van der Waals surface area contributed by atoms with E-state index in [9.17, 15) is 4.79 Å². The van der Waals surface area contributed by atoms with E-state index in [2.05, 4.69) is 6.58 Å². The van der Waals surface area contributed by atoms with Crippen LogP contribution >= 0.6 is 0 Å². The minimum absolute atomic E-state index is 0.00490. The SMILES string of the molecule is C=C/C=C/[C@@H]1C(=O)N(Cc2ccco2)[C@@H]1c1ccc(OC)cc1. The highest BCUT2D eigenvalue weighted by atomic mass is 16.5. The van der Waals surface area contributed by atoms with E-state index in [1.807, 2.05) is 53.5 Å². The molecule has 1 aliphatic rings. The fourth-order valence-corrected chi connectivity index (χ4v) is 2.90. The van der Waals surface area contributed by atoms with Crippen molar-refractivity contribution in [3.63, 3.8) is 0 Å². The fourth-order valence-electron chi connectivity index (χ4n) is 2.90. The summed E-state index contributed by atoms with van der Waals surface area (Å²) in [6, 6.07) is 11.5. The Morgan fingerprint density at radius 1 is 1.30 bits per heavy atom. The van der Waals surface area contributed by atoms with Crippen LogP contribution in [-0.4, -0.2) is 17.9 Å². The normalized spacial score (nSPS) is 20.6. The minimum atomic E-state index is -0.170. The maximum atomic E-state index is 12.5. The Balaban J connectivity index is 1.86. The summed E-state index contributed by atoms with van der Waals surface area (Å²) in [5, 5.41) is 0. The van der Waals surface area contributed by atoms with Gasteiger partial charge in [0.25, 0.3) is 0 Å². The molecule has 0 aliphatic carbocycles. The summed E-state index contributed by atoms with van der Waals surface area (Å²) >= 11 is 0. The number of β-lactam (4-membered cyclic amide) rings is 1.